The Morgan fingerprint density at radius 2 is 1.88 bits per heavy atom. The minimum atomic E-state index is -0.146. The standard InChI is InChI=1S/C20H23N3O3/c1-14(24)21-18-10-11-23(13-18)20(25)22-17-8-6-15(7-9-17)16-4-3-5-19(12-16)26-2/h3-9,12,18H,10-11,13H2,1-2H3,(H,21,24)(H,22,25). The van der Waals surface area contributed by atoms with Crippen LogP contribution >= 0.6 is 0 Å². The summed E-state index contributed by atoms with van der Waals surface area (Å²) in [5.41, 5.74) is 2.85. The molecule has 0 aliphatic carbocycles. The van der Waals surface area contributed by atoms with Crippen molar-refractivity contribution in [2.24, 2.45) is 0 Å². The van der Waals surface area contributed by atoms with E-state index < -0.39 is 0 Å². The SMILES string of the molecule is COc1cccc(-c2ccc(NC(=O)N3CCC(NC(C)=O)C3)cc2)c1. The third-order valence-electron chi connectivity index (χ3n) is 4.42. The van der Waals surface area contributed by atoms with E-state index in [1.54, 1.807) is 12.0 Å². The van der Waals surface area contributed by atoms with Gasteiger partial charge in [0.05, 0.1) is 7.11 Å². The molecule has 1 heterocycles. The molecule has 0 radical (unpaired) electrons. The quantitative estimate of drug-likeness (QED) is 0.887. The molecule has 6 heteroatoms. The maximum absolute atomic E-state index is 12.4. The van der Waals surface area contributed by atoms with E-state index in [-0.39, 0.29) is 18.0 Å². The van der Waals surface area contributed by atoms with Gasteiger partial charge in [-0.2, -0.15) is 0 Å². The number of nitrogens with zero attached hydrogens (tertiary/aromatic N) is 1. The van der Waals surface area contributed by atoms with Gasteiger partial charge in [-0.25, -0.2) is 4.79 Å². The Morgan fingerprint density at radius 1 is 1.12 bits per heavy atom. The van der Waals surface area contributed by atoms with E-state index in [0.717, 1.165) is 29.0 Å². The van der Waals surface area contributed by atoms with Gasteiger partial charge in [0.2, 0.25) is 5.91 Å². The molecule has 0 aromatic heterocycles. The van der Waals surface area contributed by atoms with E-state index in [9.17, 15) is 9.59 Å². The molecule has 0 bridgehead atoms. The number of anilines is 1. The fourth-order valence-electron chi connectivity index (χ4n) is 3.10. The first-order valence-electron chi connectivity index (χ1n) is 8.62. The Balaban J connectivity index is 1.60. The van der Waals surface area contributed by atoms with Gasteiger partial charge in [-0.1, -0.05) is 24.3 Å². The monoisotopic (exact) mass is 353 g/mol. The first-order valence-corrected chi connectivity index (χ1v) is 8.62. The molecule has 26 heavy (non-hydrogen) atoms. The van der Waals surface area contributed by atoms with Crippen LogP contribution in [0.25, 0.3) is 11.1 Å². The van der Waals surface area contributed by atoms with Gasteiger partial charge in [0.1, 0.15) is 5.75 Å². The van der Waals surface area contributed by atoms with Gasteiger partial charge >= 0.3 is 6.03 Å². The number of urea groups is 1. The minimum absolute atomic E-state index is 0.0358. The number of nitrogens with one attached hydrogen (secondary N) is 2. The zero-order chi connectivity index (χ0) is 18.5. The summed E-state index contributed by atoms with van der Waals surface area (Å²) in [5.74, 6) is 0.744. The van der Waals surface area contributed by atoms with Gasteiger partial charge in [0, 0.05) is 31.7 Å². The second kappa shape index (κ2) is 7.91. The average molecular weight is 353 g/mol. The topological polar surface area (TPSA) is 70.7 Å². The van der Waals surface area contributed by atoms with Crippen LogP contribution in [0, 0.1) is 0 Å². The van der Waals surface area contributed by atoms with Gasteiger partial charge in [-0.05, 0) is 41.8 Å². The summed E-state index contributed by atoms with van der Waals surface area (Å²) < 4.78 is 5.25. The van der Waals surface area contributed by atoms with Gasteiger partial charge in [-0.15, -0.1) is 0 Å². The molecule has 1 aliphatic heterocycles. The highest BCUT2D eigenvalue weighted by molar-refractivity contribution is 5.90. The van der Waals surface area contributed by atoms with Crippen LogP contribution in [-0.2, 0) is 4.79 Å². The number of carbonyl (C=O) groups is 2. The molecule has 136 valence electrons. The molecule has 0 saturated carbocycles. The summed E-state index contributed by atoms with van der Waals surface area (Å²) in [4.78, 5) is 25.2. The van der Waals surface area contributed by atoms with Crippen LogP contribution < -0.4 is 15.4 Å². The molecule has 1 unspecified atom stereocenters. The van der Waals surface area contributed by atoms with E-state index in [2.05, 4.69) is 10.6 Å². The van der Waals surface area contributed by atoms with E-state index in [4.69, 9.17) is 4.74 Å². The zero-order valence-corrected chi connectivity index (χ0v) is 15.0. The summed E-state index contributed by atoms with van der Waals surface area (Å²) in [7, 11) is 1.65. The lowest BCUT2D eigenvalue weighted by atomic mass is 10.1. The van der Waals surface area contributed by atoms with E-state index >= 15 is 0 Å². The van der Waals surface area contributed by atoms with Crippen molar-refractivity contribution in [1.29, 1.82) is 0 Å². The van der Waals surface area contributed by atoms with Crippen LogP contribution in [0.1, 0.15) is 13.3 Å². The molecule has 3 amide bonds. The molecule has 1 saturated heterocycles. The predicted molar refractivity (Wildman–Crippen MR) is 101 cm³/mol. The Labute approximate surface area is 153 Å². The number of hydrogen-bond acceptors (Lipinski definition) is 3. The number of rotatable bonds is 4. The van der Waals surface area contributed by atoms with Gasteiger partial charge < -0.3 is 20.3 Å². The molecule has 2 aromatic carbocycles. The first-order chi connectivity index (χ1) is 12.5. The molecule has 3 rings (SSSR count). The number of methoxy groups -OCH3 is 1. The third-order valence-corrected chi connectivity index (χ3v) is 4.42. The summed E-state index contributed by atoms with van der Waals surface area (Å²) in [6, 6.07) is 15.4. The Kier molecular flexibility index (Phi) is 5.41. The van der Waals surface area contributed by atoms with E-state index in [0.29, 0.717) is 13.1 Å². The third kappa shape index (κ3) is 4.33. The highest BCUT2D eigenvalue weighted by Gasteiger charge is 2.26. The van der Waals surface area contributed by atoms with Crippen LogP contribution in [0.2, 0.25) is 0 Å². The number of likely N-dealkylation sites (tertiary alicyclic amines) is 1. The van der Waals surface area contributed by atoms with Crippen LogP contribution in [0.15, 0.2) is 48.5 Å². The van der Waals surface area contributed by atoms with Crippen molar-refractivity contribution in [1.82, 2.24) is 10.2 Å². The second-order valence-electron chi connectivity index (χ2n) is 6.37. The minimum Gasteiger partial charge on any atom is -0.497 e. The van der Waals surface area contributed by atoms with E-state index in [1.165, 1.54) is 6.92 Å². The predicted octanol–water partition coefficient (Wildman–Crippen LogP) is 3.10. The Morgan fingerprint density at radius 3 is 2.58 bits per heavy atom. The molecule has 2 aromatic rings. The summed E-state index contributed by atoms with van der Waals surface area (Å²) in [6.45, 7) is 2.67. The highest BCUT2D eigenvalue weighted by Crippen LogP contribution is 2.25. The molecule has 1 fully saturated rings. The maximum atomic E-state index is 12.4. The molecule has 1 atom stereocenters. The number of hydrogen-bond donors (Lipinski definition) is 2. The van der Waals surface area contributed by atoms with Crippen LogP contribution in [0.4, 0.5) is 10.5 Å². The summed E-state index contributed by atoms with van der Waals surface area (Å²) in [5, 5.41) is 5.76. The van der Waals surface area contributed by atoms with Crippen molar-refractivity contribution in [2.45, 2.75) is 19.4 Å². The Bertz CT molecular complexity index is 789. The van der Waals surface area contributed by atoms with Crippen molar-refractivity contribution in [2.75, 3.05) is 25.5 Å². The first kappa shape index (κ1) is 17.8. The van der Waals surface area contributed by atoms with Crippen molar-refractivity contribution < 1.29 is 14.3 Å². The van der Waals surface area contributed by atoms with Gasteiger partial charge in [0.25, 0.3) is 0 Å². The fourth-order valence-corrected chi connectivity index (χ4v) is 3.10. The zero-order valence-electron chi connectivity index (χ0n) is 15.0. The average Bonchev–Trinajstić information content (AvgIpc) is 3.10. The van der Waals surface area contributed by atoms with Crippen LogP contribution in [0.3, 0.4) is 0 Å². The summed E-state index contributed by atoms with van der Waals surface area (Å²) >= 11 is 0. The van der Waals surface area contributed by atoms with Crippen molar-refractivity contribution >= 4 is 17.6 Å². The molecule has 1 aliphatic rings. The lowest BCUT2D eigenvalue weighted by Crippen LogP contribution is -2.38. The van der Waals surface area contributed by atoms with Gasteiger partial charge in [-0.3, -0.25) is 4.79 Å². The van der Waals surface area contributed by atoms with Crippen LogP contribution in [-0.4, -0.2) is 43.1 Å². The molecular formula is C20H23N3O3. The molecule has 2 N–H and O–H groups in total. The second-order valence-corrected chi connectivity index (χ2v) is 6.37. The number of amides is 3. The molecule has 6 nitrogen and oxygen atoms in total. The van der Waals surface area contributed by atoms with Crippen molar-refractivity contribution in [3.8, 4) is 16.9 Å². The summed E-state index contributed by atoms with van der Waals surface area (Å²) in [6.07, 6.45) is 0.780. The molecule has 0 spiro atoms. The highest BCUT2D eigenvalue weighted by atomic mass is 16.5. The Hall–Kier alpha value is -3.02. The number of ether oxygens (including phenoxy) is 1. The number of benzene rings is 2. The lowest BCUT2D eigenvalue weighted by molar-refractivity contribution is -0.119. The fraction of sp³-hybridized carbons (Fsp3) is 0.300. The molecular weight excluding hydrogens is 330 g/mol. The van der Waals surface area contributed by atoms with Gasteiger partial charge in [0.15, 0.2) is 0 Å². The van der Waals surface area contributed by atoms with Crippen LogP contribution in [0.5, 0.6) is 5.75 Å². The van der Waals surface area contributed by atoms with E-state index in [1.807, 2.05) is 48.5 Å². The van der Waals surface area contributed by atoms with Crippen molar-refractivity contribution in [3.05, 3.63) is 48.5 Å². The normalized spacial score (nSPS) is 16.2. The number of carbonyl (C=O) groups excluding carboxylic acids is 2. The lowest BCUT2D eigenvalue weighted by Gasteiger charge is -2.17. The maximum Gasteiger partial charge on any atom is 0.321 e. The largest absolute Gasteiger partial charge is 0.497 e. The van der Waals surface area contributed by atoms with Crippen molar-refractivity contribution in [3.63, 3.8) is 0 Å². The smallest absolute Gasteiger partial charge is 0.321 e.